The van der Waals surface area contributed by atoms with E-state index in [0.29, 0.717) is 27.2 Å². The lowest BCUT2D eigenvalue weighted by Crippen LogP contribution is -2.20. The van der Waals surface area contributed by atoms with Crippen LogP contribution in [0.4, 0.5) is 5.69 Å². The number of carbonyl (C=O) groups excluding carboxylic acids is 2. The van der Waals surface area contributed by atoms with E-state index < -0.39 is 0 Å². The number of nitrogens with one attached hydrogen (secondary N) is 1. The Labute approximate surface area is 184 Å². The van der Waals surface area contributed by atoms with E-state index in [1.165, 1.54) is 0 Å². The second-order valence-electron chi connectivity index (χ2n) is 6.45. The van der Waals surface area contributed by atoms with Crippen LogP contribution in [0.2, 0.25) is 10.0 Å². The number of amides is 1. The summed E-state index contributed by atoms with van der Waals surface area (Å²) in [5.41, 5.74) is 1.45. The summed E-state index contributed by atoms with van der Waals surface area (Å²) in [6.07, 6.45) is 0.238. The van der Waals surface area contributed by atoms with Crippen molar-refractivity contribution in [1.29, 1.82) is 0 Å². The van der Waals surface area contributed by atoms with E-state index in [9.17, 15) is 9.59 Å². The Hall–Kier alpha value is -3.02. The van der Waals surface area contributed by atoms with Crippen molar-refractivity contribution in [3.63, 3.8) is 0 Å². The Bertz CT molecular complexity index is 905. The van der Waals surface area contributed by atoms with Crippen LogP contribution in [0.25, 0.3) is 0 Å². The smallest absolute Gasteiger partial charge is 0.262 e. The third-order valence-corrected chi connectivity index (χ3v) is 4.54. The van der Waals surface area contributed by atoms with Crippen molar-refractivity contribution in [3.8, 4) is 11.5 Å². The molecule has 3 rings (SSSR count). The lowest BCUT2D eigenvalue weighted by atomic mass is 10.1. The molecule has 0 spiro atoms. The van der Waals surface area contributed by atoms with Crippen molar-refractivity contribution in [2.45, 2.75) is 6.42 Å². The maximum atomic E-state index is 12.1. The number of carbonyl (C=O) groups is 2. The summed E-state index contributed by atoms with van der Waals surface area (Å²) in [7, 11) is 0. The molecule has 30 heavy (non-hydrogen) atoms. The Morgan fingerprint density at radius 3 is 1.73 bits per heavy atom. The van der Waals surface area contributed by atoms with Gasteiger partial charge in [0.05, 0.1) is 0 Å². The van der Waals surface area contributed by atoms with Gasteiger partial charge in [-0.3, -0.25) is 9.59 Å². The fourth-order valence-corrected chi connectivity index (χ4v) is 2.81. The Kier molecular flexibility index (Phi) is 7.71. The van der Waals surface area contributed by atoms with Crippen LogP contribution in [0.3, 0.4) is 0 Å². The van der Waals surface area contributed by atoms with Gasteiger partial charge in [0.25, 0.3) is 5.91 Å². The Morgan fingerprint density at radius 2 is 1.20 bits per heavy atom. The van der Waals surface area contributed by atoms with Gasteiger partial charge in [-0.05, 0) is 66.2 Å². The van der Waals surface area contributed by atoms with Gasteiger partial charge in [-0.15, -0.1) is 0 Å². The Balaban J connectivity index is 1.42. The van der Waals surface area contributed by atoms with Gasteiger partial charge in [-0.1, -0.05) is 35.3 Å². The van der Waals surface area contributed by atoms with Crippen molar-refractivity contribution >= 4 is 40.6 Å². The first kappa shape index (κ1) is 21.7. The molecule has 5 nitrogen and oxygen atoms in total. The minimum absolute atomic E-state index is 0.0256. The molecule has 0 radical (unpaired) electrons. The second kappa shape index (κ2) is 10.7. The molecule has 0 aliphatic heterocycles. The molecular weight excluding hydrogens is 425 g/mol. The molecule has 0 unspecified atom stereocenters. The predicted octanol–water partition coefficient (Wildman–Crippen LogP) is 5.20. The number of anilines is 1. The normalized spacial score (nSPS) is 10.3. The van der Waals surface area contributed by atoms with Crippen LogP contribution in [0.1, 0.15) is 5.56 Å². The monoisotopic (exact) mass is 443 g/mol. The number of ether oxygens (including phenoxy) is 2. The van der Waals surface area contributed by atoms with Gasteiger partial charge in [0.15, 0.2) is 12.4 Å². The van der Waals surface area contributed by atoms with E-state index in [1.54, 1.807) is 72.8 Å². The average Bonchev–Trinajstić information content (AvgIpc) is 2.74. The maximum absolute atomic E-state index is 12.1. The summed E-state index contributed by atoms with van der Waals surface area (Å²) in [6.45, 7) is -0.147. The minimum Gasteiger partial charge on any atom is -0.486 e. The molecule has 154 valence electrons. The van der Waals surface area contributed by atoms with E-state index in [0.717, 1.165) is 5.56 Å². The largest absolute Gasteiger partial charge is 0.486 e. The first-order valence-electron chi connectivity index (χ1n) is 9.15. The molecule has 0 heterocycles. The SMILES string of the molecule is O=C(COc1ccc(Cl)cc1)Cc1ccc(NC(=O)COc2ccc(Cl)cc2)cc1. The summed E-state index contributed by atoms with van der Waals surface area (Å²) < 4.78 is 10.9. The zero-order valence-corrected chi connectivity index (χ0v) is 17.5. The maximum Gasteiger partial charge on any atom is 0.262 e. The van der Waals surface area contributed by atoms with Crippen LogP contribution in [0.15, 0.2) is 72.8 Å². The molecule has 0 fully saturated rings. The van der Waals surface area contributed by atoms with Crippen molar-refractivity contribution in [2.24, 2.45) is 0 Å². The zero-order chi connectivity index (χ0) is 21.3. The van der Waals surface area contributed by atoms with Gasteiger partial charge in [-0.25, -0.2) is 0 Å². The molecule has 0 aromatic heterocycles. The van der Waals surface area contributed by atoms with Gasteiger partial charge >= 0.3 is 0 Å². The third-order valence-electron chi connectivity index (χ3n) is 4.04. The predicted molar refractivity (Wildman–Crippen MR) is 118 cm³/mol. The number of hydrogen-bond acceptors (Lipinski definition) is 4. The van der Waals surface area contributed by atoms with Crippen LogP contribution in [0.5, 0.6) is 11.5 Å². The second-order valence-corrected chi connectivity index (χ2v) is 7.32. The highest BCUT2D eigenvalue weighted by Crippen LogP contribution is 2.17. The van der Waals surface area contributed by atoms with E-state index in [1.807, 2.05) is 0 Å². The van der Waals surface area contributed by atoms with Crippen molar-refractivity contribution in [3.05, 3.63) is 88.4 Å². The molecule has 7 heteroatoms. The molecule has 0 atom stereocenters. The van der Waals surface area contributed by atoms with E-state index in [4.69, 9.17) is 32.7 Å². The minimum atomic E-state index is -0.287. The van der Waals surface area contributed by atoms with Gasteiger partial charge in [0, 0.05) is 22.2 Å². The van der Waals surface area contributed by atoms with Crippen molar-refractivity contribution in [2.75, 3.05) is 18.5 Å². The van der Waals surface area contributed by atoms with E-state index in [2.05, 4.69) is 5.32 Å². The van der Waals surface area contributed by atoms with Crippen LogP contribution in [0, 0.1) is 0 Å². The highest BCUT2D eigenvalue weighted by Gasteiger charge is 2.07. The molecule has 0 saturated heterocycles. The molecule has 3 aromatic rings. The standard InChI is InChI=1S/C23H19Cl2NO4/c24-17-3-9-21(10-4-17)29-14-20(27)13-16-1-7-19(8-2-16)26-23(28)15-30-22-11-5-18(25)6-12-22/h1-12H,13-15H2,(H,26,28). The number of hydrogen-bond donors (Lipinski definition) is 1. The molecule has 0 bridgehead atoms. The van der Waals surface area contributed by atoms with Crippen LogP contribution < -0.4 is 14.8 Å². The highest BCUT2D eigenvalue weighted by molar-refractivity contribution is 6.30. The summed E-state index contributed by atoms with van der Waals surface area (Å²) >= 11 is 11.6. The molecule has 0 aliphatic carbocycles. The molecular formula is C23H19Cl2NO4. The zero-order valence-electron chi connectivity index (χ0n) is 15.9. The van der Waals surface area contributed by atoms with Gasteiger partial charge in [-0.2, -0.15) is 0 Å². The fourth-order valence-electron chi connectivity index (χ4n) is 2.56. The van der Waals surface area contributed by atoms with Gasteiger partial charge in [0.2, 0.25) is 0 Å². The lowest BCUT2D eigenvalue weighted by molar-refractivity contribution is -0.120. The van der Waals surface area contributed by atoms with Crippen LogP contribution >= 0.6 is 23.2 Å². The molecule has 1 N–H and O–H groups in total. The summed E-state index contributed by atoms with van der Waals surface area (Å²) in [4.78, 5) is 24.1. The summed E-state index contributed by atoms with van der Waals surface area (Å²) in [6, 6.07) is 20.6. The van der Waals surface area contributed by atoms with Gasteiger partial charge in [0.1, 0.15) is 18.1 Å². The first-order valence-corrected chi connectivity index (χ1v) is 9.91. The van der Waals surface area contributed by atoms with E-state index >= 15 is 0 Å². The molecule has 3 aromatic carbocycles. The topological polar surface area (TPSA) is 64.6 Å². The summed E-state index contributed by atoms with van der Waals surface area (Å²) in [5, 5.41) is 3.95. The van der Waals surface area contributed by atoms with Crippen molar-refractivity contribution < 1.29 is 19.1 Å². The quantitative estimate of drug-likeness (QED) is 0.493. The number of ketones is 1. The summed E-state index contributed by atoms with van der Waals surface area (Å²) in [5.74, 6) is 0.805. The number of halogens is 2. The molecule has 0 saturated carbocycles. The fraction of sp³-hybridized carbons (Fsp3) is 0.130. The van der Waals surface area contributed by atoms with Crippen LogP contribution in [-0.2, 0) is 16.0 Å². The van der Waals surface area contributed by atoms with Crippen LogP contribution in [-0.4, -0.2) is 24.9 Å². The Morgan fingerprint density at radius 1 is 0.700 bits per heavy atom. The van der Waals surface area contributed by atoms with Gasteiger partial charge < -0.3 is 14.8 Å². The first-order chi connectivity index (χ1) is 14.5. The number of benzene rings is 3. The lowest BCUT2D eigenvalue weighted by Gasteiger charge is -2.09. The van der Waals surface area contributed by atoms with E-state index in [-0.39, 0.29) is 31.3 Å². The number of Topliss-reactive ketones (excluding diaryl/α,β-unsaturated/α-hetero) is 1. The average molecular weight is 444 g/mol. The molecule has 0 aliphatic rings. The highest BCUT2D eigenvalue weighted by atomic mass is 35.5. The van der Waals surface area contributed by atoms with Crippen molar-refractivity contribution in [1.82, 2.24) is 0 Å². The third kappa shape index (κ3) is 7.10. The number of rotatable bonds is 9. The molecule has 1 amide bonds.